The molecule has 0 N–H and O–H groups in total. The molecule has 0 atom stereocenters. The largest absolute Gasteiger partial charge is 0.477 e. The molecule has 1 aliphatic rings. The first-order valence-electron chi connectivity index (χ1n) is 10.1. The van der Waals surface area contributed by atoms with Gasteiger partial charge >= 0.3 is 0 Å². The monoisotopic (exact) mass is 407 g/mol. The number of rotatable bonds is 6. The number of hydrogen-bond acceptors (Lipinski definition) is 7. The van der Waals surface area contributed by atoms with Crippen LogP contribution in [-0.4, -0.2) is 58.5 Å². The van der Waals surface area contributed by atoms with Crippen molar-refractivity contribution in [3.05, 3.63) is 54.8 Å². The van der Waals surface area contributed by atoms with E-state index in [1.807, 2.05) is 35.2 Å². The first-order chi connectivity index (χ1) is 14.6. The van der Waals surface area contributed by atoms with Gasteiger partial charge in [0.15, 0.2) is 12.2 Å². The molecule has 0 spiro atoms. The number of oxazole rings is 1. The zero-order valence-electron chi connectivity index (χ0n) is 17.2. The van der Waals surface area contributed by atoms with Crippen molar-refractivity contribution < 1.29 is 13.9 Å². The molecule has 8 nitrogen and oxygen atoms in total. The first-order valence-corrected chi connectivity index (χ1v) is 10.1. The number of aromatic nitrogens is 3. The molecule has 0 saturated carbocycles. The second kappa shape index (κ2) is 8.94. The van der Waals surface area contributed by atoms with Crippen LogP contribution in [0.5, 0.6) is 5.88 Å². The van der Waals surface area contributed by atoms with Crippen LogP contribution in [0.4, 0.5) is 5.82 Å². The Morgan fingerprint density at radius 2 is 1.90 bits per heavy atom. The number of benzene rings is 1. The van der Waals surface area contributed by atoms with E-state index in [0.29, 0.717) is 55.9 Å². The number of amides is 1. The van der Waals surface area contributed by atoms with Crippen LogP contribution in [0.1, 0.15) is 24.2 Å². The summed E-state index contributed by atoms with van der Waals surface area (Å²) in [5, 5.41) is 0. The van der Waals surface area contributed by atoms with Gasteiger partial charge in [-0.15, -0.1) is 0 Å². The summed E-state index contributed by atoms with van der Waals surface area (Å²) in [5.41, 5.74) is 1.56. The van der Waals surface area contributed by atoms with E-state index < -0.39 is 0 Å². The van der Waals surface area contributed by atoms with Gasteiger partial charge < -0.3 is 19.0 Å². The van der Waals surface area contributed by atoms with Gasteiger partial charge in [-0.05, 0) is 18.1 Å². The molecule has 0 bridgehead atoms. The van der Waals surface area contributed by atoms with Crippen molar-refractivity contribution in [2.24, 2.45) is 5.92 Å². The first kappa shape index (κ1) is 19.9. The van der Waals surface area contributed by atoms with Crippen LogP contribution in [0.2, 0.25) is 0 Å². The fraction of sp³-hybridized carbons (Fsp3) is 0.364. The second-order valence-electron chi connectivity index (χ2n) is 7.64. The topological polar surface area (TPSA) is 84.6 Å². The quantitative estimate of drug-likeness (QED) is 0.621. The molecule has 8 heteroatoms. The third-order valence-corrected chi connectivity index (χ3v) is 4.93. The zero-order chi connectivity index (χ0) is 20.9. The van der Waals surface area contributed by atoms with Crippen molar-refractivity contribution in [3.8, 4) is 17.2 Å². The predicted octanol–water partition coefficient (Wildman–Crippen LogP) is 3.13. The summed E-state index contributed by atoms with van der Waals surface area (Å²) in [7, 11) is 0. The predicted molar refractivity (Wildman–Crippen MR) is 112 cm³/mol. The number of anilines is 1. The minimum absolute atomic E-state index is 0.0300. The average Bonchev–Trinajstić information content (AvgIpc) is 3.33. The normalized spacial score (nSPS) is 14.2. The van der Waals surface area contributed by atoms with Crippen LogP contribution in [0.15, 0.2) is 53.7 Å². The van der Waals surface area contributed by atoms with E-state index >= 15 is 0 Å². The molecule has 1 aliphatic heterocycles. The minimum atomic E-state index is 0.0300. The van der Waals surface area contributed by atoms with Gasteiger partial charge in [-0.3, -0.25) is 4.79 Å². The molecule has 1 saturated heterocycles. The molecule has 156 valence electrons. The van der Waals surface area contributed by atoms with Gasteiger partial charge in [0, 0.05) is 43.4 Å². The Labute approximate surface area is 175 Å². The van der Waals surface area contributed by atoms with E-state index in [9.17, 15) is 4.79 Å². The molecule has 3 aromatic rings. The van der Waals surface area contributed by atoms with Crippen molar-refractivity contribution in [2.45, 2.75) is 13.8 Å². The van der Waals surface area contributed by atoms with Crippen LogP contribution >= 0.6 is 0 Å². The molecule has 1 fully saturated rings. The summed E-state index contributed by atoms with van der Waals surface area (Å²) < 4.78 is 11.0. The van der Waals surface area contributed by atoms with Crippen LogP contribution in [0.25, 0.3) is 11.3 Å². The van der Waals surface area contributed by atoms with Gasteiger partial charge in [0.2, 0.25) is 5.88 Å². The molecule has 2 aromatic heterocycles. The van der Waals surface area contributed by atoms with Gasteiger partial charge in [-0.2, -0.15) is 0 Å². The van der Waals surface area contributed by atoms with Crippen molar-refractivity contribution in [2.75, 3.05) is 37.7 Å². The highest BCUT2D eigenvalue weighted by Crippen LogP contribution is 2.21. The highest BCUT2D eigenvalue weighted by atomic mass is 16.5. The Morgan fingerprint density at radius 3 is 2.57 bits per heavy atom. The molecule has 0 unspecified atom stereocenters. The van der Waals surface area contributed by atoms with Gasteiger partial charge in [0.1, 0.15) is 12.1 Å². The lowest BCUT2D eigenvalue weighted by molar-refractivity contribution is 0.0746. The molecular weight excluding hydrogens is 382 g/mol. The highest BCUT2D eigenvalue weighted by molar-refractivity contribution is 5.94. The lowest BCUT2D eigenvalue weighted by Crippen LogP contribution is -2.49. The summed E-state index contributed by atoms with van der Waals surface area (Å²) >= 11 is 0. The van der Waals surface area contributed by atoms with E-state index in [0.717, 1.165) is 11.4 Å². The maximum absolute atomic E-state index is 12.9. The smallest absolute Gasteiger partial charge is 0.253 e. The highest BCUT2D eigenvalue weighted by Gasteiger charge is 2.23. The van der Waals surface area contributed by atoms with Crippen molar-refractivity contribution in [1.29, 1.82) is 0 Å². The van der Waals surface area contributed by atoms with Crippen molar-refractivity contribution in [1.82, 2.24) is 19.9 Å². The van der Waals surface area contributed by atoms with E-state index in [2.05, 4.69) is 33.7 Å². The molecular formula is C22H25N5O3. The Morgan fingerprint density at radius 1 is 1.13 bits per heavy atom. The van der Waals surface area contributed by atoms with Gasteiger partial charge in [-0.25, -0.2) is 15.0 Å². The summed E-state index contributed by atoms with van der Waals surface area (Å²) in [4.78, 5) is 29.4. The van der Waals surface area contributed by atoms with Crippen LogP contribution < -0.4 is 9.64 Å². The number of ether oxygens (including phenoxy) is 1. The number of hydrogen-bond donors (Lipinski definition) is 0. The van der Waals surface area contributed by atoms with E-state index in [1.165, 1.54) is 12.7 Å². The Hall–Kier alpha value is -3.42. The maximum Gasteiger partial charge on any atom is 0.253 e. The molecule has 4 rings (SSSR count). The van der Waals surface area contributed by atoms with Gasteiger partial charge in [-0.1, -0.05) is 26.0 Å². The molecule has 1 aromatic carbocycles. The number of carbonyl (C=O) groups excluding carboxylic acids is 1. The number of carbonyl (C=O) groups is 1. The Kier molecular flexibility index (Phi) is 5.92. The van der Waals surface area contributed by atoms with E-state index in [-0.39, 0.29) is 5.91 Å². The zero-order valence-corrected chi connectivity index (χ0v) is 17.2. The number of nitrogens with zero attached hydrogens (tertiary/aromatic N) is 5. The van der Waals surface area contributed by atoms with Gasteiger partial charge in [0.25, 0.3) is 5.91 Å². The standard InChI is InChI=1S/C22H25N5O3/c1-16(2)13-29-21-11-20(24-14-25-21)26-7-9-27(10-8-26)22(28)18-5-3-17(4-6-18)19-12-23-15-30-19/h3-6,11-12,14-16H,7-10,13H2,1-2H3. The average molecular weight is 407 g/mol. The maximum atomic E-state index is 12.9. The summed E-state index contributed by atoms with van der Waals surface area (Å²) in [5.74, 6) is 2.56. The Bertz CT molecular complexity index is 965. The van der Waals surface area contributed by atoms with Crippen molar-refractivity contribution >= 4 is 11.7 Å². The molecule has 30 heavy (non-hydrogen) atoms. The van der Waals surface area contributed by atoms with E-state index in [1.54, 1.807) is 6.20 Å². The lowest BCUT2D eigenvalue weighted by Gasteiger charge is -2.35. The van der Waals surface area contributed by atoms with E-state index in [4.69, 9.17) is 9.15 Å². The summed E-state index contributed by atoms with van der Waals surface area (Å²) in [6.45, 7) is 7.50. The van der Waals surface area contributed by atoms with Crippen LogP contribution in [-0.2, 0) is 0 Å². The Balaban J connectivity index is 1.35. The molecule has 3 heterocycles. The van der Waals surface area contributed by atoms with Crippen LogP contribution in [0, 0.1) is 5.92 Å². The summed E-state index contributed by atoms with van der Waals surface area (Å²) in [6, 6.07) is 9.28. The van der Waals surface area contributed by atoms with Crippen LogP contribution in [0.3, 0.4) is 0 Å². The summed E-state index contributed by atoms with van der Waals surface area (Å²) in [6.07, 6.45) is 4.58. The molecule has 0 aliphatic carbocycles. The fourth-order valence-corrected chi connectivity index (χ4v) is 3.29. The minimum Gasteiger partial charge on any atom is -0.477 e. The van der Waals surface area contributed by atoms with Gasteiger partial charge in [0.05, 0.1) is 12.8 Å². The third-order valence-electron chi connectivity index (χ3n) is 4.93. The molecule has 1 amide bonds. The SMILES string of the molecule is CC(C)COc1cc(N2CCN(C(=O)c3ccc(-c4cnco4)cc3)CC2)ncn1. The van der Waals surface area contributed by atoms with Crippen molar-refractivity contribution in [3.63, 3.8) is 0 Å². The third kappa shape index (κ3) is 4.59. The molecule has 0 radical (unpaired) electrons. The number of piperazine rings is 1. The fourth-order valence-electron chi connectivity index (χ4n) is 3.29. The second-order valence-corrected chi connectivity index (χ2v) is 7.64. The lowest BCUT2D eigenvalue weighted by atomic mass is 10.1.